The number of carbonyl (C=O) groups excluding carboxylic acids is 1. The van der Waals surface area contributed by atoms with Crippen molar-refractivity contribution in [3.8, 4) is 5.69 Å². The van der Waals surface area contributed by atoms with Crippen LogP contribution in [-0.2, 0) is 6.42 Å². The van der Waals surface area contributed by atoms with Crippen LogP contribution < -0.4 is 5.56 Å². The molecule has 124 valence electrons. The van der Waals surface area contributed by atoms with Crippen molar-refractivity contribution in [2.75, 3.05) is 0 Å². The van der Waals surface area contributed by atoms with Crippen LogP contribution in [0.3, 0.4) is 0 Å². The summed E-state index contributed by atoms with van der Waals surface area (Å²) >= 11 is 0. The lowest BCUT2D eigenvalue weighted by molar-refractivity contribution is 0.0692. The molecule has 0 aliphatic heterocycles. The number of nitrogens with zero attached hydrogens (tertiary/aromatic N) is 1. The number of hydrogen-bond donors (Lipinski definition) is 1. The number of aromatic nitrogens is 1. The van der Waals surface area contributed by atoms with E-state index in [1.807, 2.05) is 13.8 Å². The van der Waals surface area contributed by atoms with Crippen molar-refractivity contribution in [3.63, 3.8) is 0 Å². The van der Waals surface area contributed by atoms with Gasteiger partial charge in [-0.2, -0.15) is 0 Å². The summed E-state index contributed by atoms with van der Waals surface area (Å²) in [6.45, 7) is 3.73. The summed E-state index contributed by atoms with van der Waals surface area (Å²) in [5.74, 6) is -2.03. The van der Waals surface area contributed by atoms with Crippen LogP contribution in [0.2, 0.25) is 0 Å². The molecule has 0 spiro atoms. The molecule has 1 aliphatic carbocycles. The summed E-state index contributed by atoms with van der Waals surface area (Å²) in [5.41, 5.74) is -0.675. The van der Waals surface area contributed by atoms with Crippen molar-refractivity contribution in [1.82, 2.24) is 4.57 Å². The molecule has 1 aromatic carbocycles. The third-order valence-electron chi connectivity index (χ3n) is 4.23. The van der Waals surface area contributed by atoms with E-state index >= 15 is 0 Å². The van der Waals surface area contributed by atoms with Gasteiger partial charge in [0.1, 0.15) is 11.4 Å². The summed E-state index contributed by atoms with van der Waals surface area (Å²) < 4.78 is 14.2. The molecule has 0 saturated heterocycles. The molecule has 0 fully saturated rings. The zero-order valence-electron chi connectivity index (χ0n) is 13.3. The second kappa shape index (κ2) is 5.40. The molecule has 0 amide bonds. The first kappa shape index (κ1) is 16.1. The Kier molecular flexibility index (Phi) is 3.63. The van der Waals surface area contributed by atoms with Gasteiger partial charge in [0.05, 0.1) is 0 Å². The van der Waals surface area contributed by atoms with Crippen LogP contribution in [0, 0.1) is 11.2 Å². The van der Waals surface area contributed by atoms with E-state index in [0.717, 1.165) is 4.57 Å². The monoisotopic (exact) mass is 329 g/mol. The summed E-state index contributed by atoms with van der Waals surface area (Å²) in [6, 6.07) is 5.08. The van der Waals surface area contributed by atoms with Gasteiger partial charge < -0.3 is 5.11 Å². The number of halogens is 1. The van der Waals surface area contributed by atoms with Gasteiger partial charge >= 0.3 is 5.97 Å². The highest BCUT2D eigenvalue weighted by molar-refractivity contribution is 6.02. The van der Waals surface area contributed by atoms with Gasteiger partial charge in [-0.3, -0.25) is 14.2 Å². The number of carboxylic acid groups (broad SMARTS) is 1. The molecule has 2 aromatic rings. The molecule has 0 atom stereocenters. The van der Waals surface area contributed by atoms with Crippen molar-refractivity contribution in [2.24, 2.45) is 5.41 Å². The Balaban J connectivity index is 2.32. The molecular formula is C18H16FNO4. The maximum absolute atomic E-state index is 13.1. The minimum atomic E-state index is -1.36. The number of carboxylic acids is 1. The number of pyridine rings is 1. The second-order valence-corrected chi connectivity index (χ2v) is 6.79. The third kappa shape index (κ3) is 2.64. The normalized spacial score (nSPS) is 15.9. The number of aromatic carboxylic acids is 1. The molecule has 0 radical (unpaired) electrons. The molecule has 6 heteroatoms. The summed E-state index contributed by atoms with van der Waals surface area (Å²) in [5, 5.41) is 9.51. The standard InChI is InChI=1S/C18H16FNO4/c1-18(2)7-12-13(14(21)8-18)9-20(16(22)15(12)17(23)24)11-5-3-10(19)4-6-11/h3-6,9H,7-8H2,1-2H3,(H,23,24). The molecule has 1 aromatic heterocycles. The van der Waals surface area contributed by atoms with Crippen molar-refractivity contribution < 1.29 is 19.1 Å². The van der Waals surface area contributed by atoms with Gasteiger partial charge in [0.25, 0.3) is 5.56 Å². The lowest BCUT2D eigenvalue weighted by atomic mass is 9.73. The van der Waals surface area contributed by atoms with E-state index in [-0.39, 0.29) is 23.3 Å². The first-order valence-electron chi connectivity index (χ1n) is 7.50. The van der Waals surface area contributed by atoms with Gasteiger partial charge in [0.2, 0.25) is 0 Å². The predicted octanol–water partition coefficient (Wildman–Crippen LogP) is 2.83. The maximum atomic E-state index is 13.1. The Morgan fingerprint density at radius 1 is 1.17 bits per heavy atom. The quantitative estimate of drug-likeness (QED) is 0.919. The fourth-order valence-electron chi connectivity index (χ4n) is 3.16. The van der Waals surface area contributed by atoms with Crippen LogP contribution in [0.25, 0.3) is 5.69 Å². The topological polar surface area (TPSA) is 76.4 Å². The highest BCUT2D eigenvalue weighted by Crippen LogP contribution is 2.35. The largest absolute Gasteiger partial charge is 0.477 e. The van der Waals surface area contributed by atoms with Crippen LogP contribution in [0.4, 0.5) is 4.39 Å². The minimum absolute atomic E-state index is 0.195. The van der Waals surface area contributed by atoms with Crippen LogP contribution >= 0.6 is 0 Å². The number of ketones is 1. The van der Waals surface area contributed by atoms with Crippen molar-refractivity contribution >= 4 is 11.8 Å². The molecule has 5 nitrogen and oxygen atoms in total. The molecule has 0 bridgehead atoms. The number of Topliss-reactive ketones (excluding diaryl/α,β-unsaturated/α-hetero) is 1. The van der Waals surface area contributed by atoms with E-state index in [0.29, 0.717) is 12.1 Å². The average Bonchev–Trinajstić information content (AvgIpc) is 2.46. The first-order chi connectivity index (χ1) is 11.2. The van der Waals surface area contributed by atoms with E-state index in [9.17, 15) is 23.9 Å². The zero-order valence-corrected chi connectivity index (χ0v) is 13.3. The smallest absolute Gasteiger partial charge is 0.341 e. The Morgan fingerprint density at radius 2 is 1.79 bits per heavy atom. The number of benzene rings is 1. The highest BCUT2D eigenvalue weighted by Gasteiger charge is 2.35. The molecular weight excluding hydrogens is 313 g/mol. The van der Waals surface area contributed by atoms with E-state index in [4.69, 9.17) is 0 Å². The van der Waals surface area contributed by atoms with E-state index < -0.39 is 28.3 Å². The fourth-order valence-corrected chi connectivity index (χ4v) is 3.16. The number of fused-ring (bicyclic) bond motifs is 1. The Hall–Kier alpha value is -2.76. The van der Waals surface area contributed by atoms with Crippen LogP contribution in [0.1, 0.15) is 46.5 Å². The third-order valence-corrected chi connectivity index (χ3v) is 4.23. The summed E-state index contributed by atoms with van der Waals surface area (Å²) in [6.07, 6.45) is 1.99. The molecule has 1 aliphatic rings. The summed E-state index contributed by atoms with van der Waals surface area (Å²) in [4.78, 5) is 36.8. The predicted molar refractivity (Wildman–Crippen MR) is 85.4 cm³/mol. The Bertz CT molecular complexity index is 910. The summed E-state index contributed by atoms with van der Waals surface area (Å²) in [7, 11) is 0. The van der Waals surface area contributed by atoms with Crippen LogP contribution in [0.15, 0.2) is 35.3 Å². The van der Waals surface area contributed by atoms with E-state index in [1.54, 1.807) is 0 Å². The lowest BCUT2D eigenvalue weighted by Gasteiger charge is -2.31. The number of carbonyl (C=O) groups is 2. The molecule has 1 heterocycles. The van der Waals surface area contributed by atoms with Crippen LogP contribution in [-0.4, -0.2) is 21.4 Å². The van der Waals surface area contributed by atoms with Crippen molar-refractivity contribution in [1.29, 1.82) is 0 Å². The van der Waals surface area contributed by atoms with Gasteiger partial charge in [0, 0.05) is 23.9 Å². The molecule has 0 unspecified atom stereocenters. The minimum Gasteiger partial charge on any atom is -0.477 e. The Morgan fingerprint density at radius 3 is 2.38 bits per heavy atom. The SMILES string of the molecule is CC1(C)CC(=O)c2cn(-c3ccc(F)cc3)c(=O)c(C(=O)O)c2C1. The lowest BCUT2D eigenvalue weighted by Crippen LogP contribution is -2.35. The first-order valence-corrected chi connectivity index (χ1v) is 7.50. The highest BCUT2D eigenvalue weighted by atomic mass is 19.1. The van der Waals surface area contributed by atoms with Gasteiger partial charge in [0.15, 0.2) is 5.78 Å². The van der Waals surface area contributed by atoms with Crippen LogP contribution in [0.5, 0.6) is 0 Å². The van der Waals surface area contributed by atoms with Crippen molar-refractivity contribution in [3.05, 3.63) is 63.3 Å². The molecule has 3 rings (SSSR count). The number of rotatable bonds is 2. The van der Waals surface area contributed by atoms with Crippen molar-refractivity contribution in [2.45, 2.75) is 26.7 Å². The van der Waals surface area contributed by atoms with Gasteiger partial charge in [-0.1, -0.05) is 13.8 Å². The van der Waals surface area contributed by atoms with Gasteiger partial charge in [-0.15, -0.1) is 0 Å². The second-order valence-electron chi connectivity index (χ2n) is 6.79. The van der Waals surface area contributed by atoms with E-state index in [2.05, 4.69) is 0 Å². The Labute approximate surface area is 137 Å². The van der Waals surface area contributed by atoms with E-state index in [1.165, 1.54) is 30.5 Å². The van der Waals surface area contributed by atoms with Gasteiger partial charge in [-0.05, 0) is 41.7 Å². The zero-order chi connectivity index (χ0) is 17.6. The maximum Gasteiger partial charge on any atom is 0.341 e. The molecule has 0 saturated carbocycles. The fraction of sp³-hybridized carbons (Fsp3) is 0.278. The molecule has 1 N–H and O–H groups in total. The van der Waals surface area contributed by atoms with Gasteiger partial charge in [-0.25, -0.2) is 9.18 Å². The number of hydrogen-bond acceptors (Lipinski definition) is 3. The molecule has 24 heavy (non-hydrogen) atoms. The average molecular weight is 329 g/mol.